The van der Waals surface area contributed by atoms with Gasteiger partial charge in [-0.05, 0) is 29.7 Å². The first-order chi connectivity index (χ1) is 14.2. The van der Waals surface area contributed by atoms with Crippen LogP contribution in [-0.2, 0) is 22.5 Å². The summed E-state index contributed by atoms with van der Waals surface area (Å²) < 4.78 is 7.32. The van der Waals surface area contributed by atoms with Crippen LogP contribution in [0.15, 0.2) is 59.5 Å². The molecule has 1 saturated heterocycles. The zero-order valence-electron chi connectivity index (χ0n) is 16.0. The van der Waals surface area contributed by atoms with Crippen LogP contribution < -0.4 is 10.5 Å². The summed E-state index contributed by atoms with van der Waals surface area (Å²) in [6, 6.07) is 15.2. The Morgan fingerprint density at radius 1 is 1.07 bits per heavy atom. The number of ether oxygens (including phenoxy) is 1. The molecule has 1 amide bonds. The lowest BCUT2D eigenvalue weighted by atomic mass is 9.99. The van der Waals surface area contributed by atoms with Crippen LogP contribution in [0.1, 0.15) is 11.1 Å². The highest BCUT2D eigenvalue weighted by Crippen LogP contribution is 2.21. The molecule has 2 aromatic heterocycles. The number of nitrogens with zero attached hydrogens (tertiary/aromatic N) is 4. The van der Waals surface area contributed by atoms with Crippen LogP contribution in [0.5, 0.6) is 0 Å². The molecule has 2 aliphatic rings. The van der Waals surface area contributed by atoms with Crippen molar-refractivity contribution in [2.75, 3.05) is 31.1 Å². The topological polar surface area (TPSA) is 67.2 Å². The number of pyridine rings is 1. The second kappa shape index (κ2) is 7.33. The SMILES string of the molecule is O=C(C1CN(c2cc(=O)n3ccccc3n2)CCO1)N1CCc2ccccc2C1. The Balaban J connectivity index is 1.35. The Kier molecular flexibility index (Phi) is 4.52. The fourth-order valence-corrected chi connectivity index (χ4v) is 4.10. The summed E-state index contributed by atoms with van der Waals surface area (Å²) in [5.74, 6) is 0.591. The van der Waals surface area contributed by atoms with Gasteiger partial charge in [0, 0.05) is 31.9 Å². The molecule has 2 aliphatic heterocycles. The van der Waals surface area contributed by atoms with E-state index >= 15 is 0 Å². The summed E-state index contributed by atoms with van der Waals surface area (Å²) in [4.78, 5) is 34.0. The van der Waals surface area contributed by atoms with Gasteiger partial charge >= 0.3 is 0 Å². The molecule has 1 fully saturated rings. The minimum absolute atomic E-state index is 0.00159. The molecule has 1 unspecified atom stereocenters. The summed E-state index contributed by atoms with van der Waals surface area (Å²) in [5, 5.41) is 0. The Morgan fingerprint density at radius 2 is 1.90 bits per heavy atom. The molecule has 29 heavy (non-hydrogen) atoms. The maximum atomic E-state index is 13.1. The summed E-state index contributed by atoms with van der Waals surface area (Å²) in [6.45, 7) is 2.74. The fraction of sp³-hybridized carbons (Fsp3) is 0.318. The highest BCUT2D eigenvalue weighted by atomic mass is 16.5. The van der Waals surface area contributed by atoms with Gasteiger partial charge in [0.25, 0.3) is 11.5 Å². The van der Waals surface area contributed by atoms with Gasteiger partial charge in [0.15, 0.2) is 6.10 Å². The van der Waals surface area contributed by atoms with Crippen molar-refractivity contribution in [2.24, 2.45) is 0 Å². The Morgan fingerprint density at radius 3 is 2.79 bits per heavy atom. The highest BCUT2D eigenvalue weighted by molar-refractivity contribution is 5.82. The van der Waals surface area contributed by atoms with Crippen molar-refractivity contribution in [3.63, 3.8) is 0 Å². The van der Waals surface area contributed by atoms with E-state index in [4.69, 9.17) is 4.74 Å². The Labute approximate surface area is 168 Å². The molecule has 0 N–H and O–H groups in total. The predicted molar refractivity (Wildman–Crippen MR) is 109 cm³/mol. The number of fused-ring (bicyclic) bond motifs is 2. The molecule has 4 heterocycles. The van der Waals surface area contributed by atoms with Gasteiger partial charge in [-0.15, -0.1) is 0 Å². The van der Waals surface area contributed by atoms with Gasteiger partial charge in [-0.1, -0.05) is 30.3 Å². The maximum Gasteiger partial charge on any atom is 0.259 e. The standard InChI is InChI=1S/C22H22N4O3/c27-21-13-20(23-19-7-3-4-9-26(19)21)24-11-12-29-18(15-24)22(28)25-10-8-16-5-1-2-6-17(16)14-25/h1-7,9,13,18H,8,10-12,14-15H2. The molecular weight excluding hydrogens is 368 g/mol. The van der Waals surface area contributed by atoms with E-state index in [1.165, 1.54) is 21.6 Å². The number of carbonyl (C=O) groups is 1. The third-order valence-corrected chi connectivity index (χ3v) is 5.67. The molecule has 7 heteroatoms. The first kappa shape index (κ1) is 17.9. The number of hydrogen-bond acceptors (Lipinski definition) is 5. The van der Waals surface area contributed by atoms with Gasteiger partial charge in [0.05, 0.1) is 13.2 Å². The minimum atomic E-state index is -0.551. The number of benzene rings is 1. The normalized spacial score (nSPS) is 19.2. The molecule has 7 nitrogen and oxygen atoms in total. The molecule has 148 valence electrons. The number of amides is 1. The number of rotatable bonds is 2. The molecule has 5 rings (SSSR count). The zero-order chi connectivity index (χ0) is 19.8. The van der Waals surface area contributed by atoms with Crippen LogP contribution >= 0.6 is 0 Å². The zero-order valence-corrected chi connectivity index (χ0v) is 16.0. The largest absolute Gasteiger partial charge is 0.365 e. The number of anilines is 1. The van der Waals surface area contributed by atoms with Gasteiger partial charge < -0.3 is 14.5 Å². The molecule has 3 aromatic rings. The lowest BCUT2D eigenvalue weighted by Crippen LogP contribution is -2.52. The van der Waals surface area contributed by atoms with Crippen LogP contribution in [0.4, 0.5) is 5.82 Å². The summed E-state index contributed by atoms with van der Waals surface area (Å²) in [7, 11) is 0. The number of morpholine rings is 1. The van der Waals surface area contributed by atoms with Crippen molar-refractivity contribution in [1.82, 2.24) is 14.3 Å². The van der Waals surface area contributed by atoms with E-state index < -0.39 is 6.10 Å². The summed E-state index contributed by atoms with van der Waals surface area (Å²) >= 11 is 0. The summed E-state index contributed by atoms with van der Waals surface area (Å²) in [6.07, 6.45) is 2.01. The lowest BCUT2D eigenvalue weighted by Gasteiger charge is -2.37. The average Bonchev–Trinajstić information content (AvgIpc) is 2.78. The average molecular weight is 390 g/mol. The predicted octanol–water partition coefficient (Wildman–Crippen LogP) is 1.48. The van der Waals surface area contributed by atoms with Gasteiger partial charge in [-0.2, -0.15) is 0 Å². The van der Waals surface area contributed by atoms with E-state index in [0.29, 0.717) is 44.3 Å². The van der Waals surface area contributed by atoms with Crippen molar-refractivity contribution in [3.05, 3.63) is 76.2 Å². The maximum absolute atomic E-state index is 13.1. The van der Waals surface area contributed by atoms with Crippen molar-refractivity contribution < 1.29 is 9.53 Å². The monoisotopic (exact) mass is 390 g/mol. The van der Waals surface area contributed by atoms with Gasteiger partial charge in [-0.3, -0.25) is 14.0 Å². The quantitative estimate of drug-likeness (QED) is 0.663. The van der Waals surface area contributed by atoms with E-state index in [9.17, 15) is 9.59 Å². The third-order valence-electron chi connectivity index (χ3n) is 5.67. The minimum Gasteiger partial charge on any atom is -0.365 e. The van der Waals surface area contributed by atoms with Crippen molar-refractivity contribution in [1.29, 1.82) is 0 Å². The lowest BCUT2D eigenvalue weighted by molar-refractivity contribution is -0.145. The molecule has 0 saturated carbocycles. The first-order valence-electron chi connectivity index (χ1n) is 9.89. The van der Waals surface area contributed by atoms with Gasteiger partial charge in [0.2, 0.25) is 0 Å². The second-order valence-corrected chi connectivity index (χ2v) is 7.47. The van der Waals surface area contributed by atoms with Gasteiger partial charge in [0.1, 0.15) is 11.5 Å². The molecule has 1 atom stereocenters. The first-order valence-corrected chi connectivity index (χ1v) is 9.89. The highest BCUT2D eigenvalue weighted by Gasteiger charge is 2.32. The van der Waals surface area contributed by atoms with Crippen LogP contribution in [0.25, 0.3) is 5.65 Å². The summed E-state index contributed by atoms with van der Waals surface area (Å²) in [5.41, 5.74) is 2.97. The molecule has 0 spiro atoms. The molecular formula is C22H22N4O3. The fourth-order valence-electron chi connectivity index (χ4n) is 4.10. The number of aromatic nitrogens is 2. The van der Waals surface area contributed by atoms with E-state index in [1.807, 2.05) is 28.0 Å². The van der Waals surface area contributed by atoms with Gasteiger partial charge in [-0.25, -0.2) is 4.98 Å². The Bertz CT molecular complexity index is 1130. The van der Waals surface area contributed by atoms with Crippen LogP contribution in [0.2, 0.25) is 0 Å². The molecule has 0 bridgehead atoms. The second-order valence-electron chi connectivity index (χ2n) is 7.47. The molecule has 0 aliphatic carbocycles. The van der Waals surface area contributed by atoms with E-state index in [1.54, 1.807) is 18.3 Å². The van der Waals surface area contributed by atoms with Crippen molar-refractivity contribution in [3.8, 4) is 0 Å². The third kappa shape index (κ3) is 3.38. The number of hydrogen-bond donors (Lipinski definition) is 0. The Hall–Kier alpha value is -3.19. The number of carbonyl (C=O) groups excluding carboxylic acids is 1. The van der Waals surface area contributed by atoms with E-state index in [0.717, 1.165) is 6.42 Å². The van der Waals surface area contributed by atoms with Crippen molar-refractivity contribution in [2.45, 2.75) is 19.1 Å². The smallest absolute Gasteiger partial charge is 0.259 e. The van der Waals surface area contributed by atoms with Crippen LogP contribution in [-0.4, -0.2) is 52.5 Å². The van der Waals surface area contributed by atoms with E-state index in [2.05, 4.69) is 17.1 Å². The van der Waals surface area contributed by atoms with E-state index in [-0.39, 0.29) is 11.5 Å². The van der Waals surface area contributed by atoms with Crippen LogP contribution in [0, 0.1) is 0 Å². The van der Waals surface area contributed by atoms with Crippen LogP contribution in [0.3, 0.4) is 0 Å². The molecule has 1 aromatic carbocycles. The molecule has 0 radical (unpaired) electrons. The van der Waals surface area contributed by atoms with Crippen molar-refractivity contribution >= 4 is 17.4 Å².